The fraction of sp³-hybridized carbons (Fsp3) is 0.474. The molecule has 0 saturated carbocycles. The van der Waals surface area contributed by atoms with Crippen molar-refractivity contribution >= 4 is 29.5 Å². The highest BCUT2D eigenvalue weighted by atomic mass is 32.2. The number of halogens is 2. The first-order chi connectivity index (χ1) is 12.8. The average Bonchev–Trinajstić information content (AvgIpc) is 2.59. The molecule has 0 aliphatic heterocycles. The van der Waals surface area contributed by atoms with Gasteiger partial charge in [-0.05, 0) is 62.8 Å². The molecule has 1 aromatic carbocycles. The molecule has 0 aromatic heterocycles. The van der Waals surface area contributed by atoms with Crippen LogP contribution in [0, 0.1) is 11.6 Å². The summed E-state index contributed by atoms with van der Waals surface area (Å²) in [5.41, 5.74) is 0.582. The number of anilines is 1. The van der Waals surface area contributed by atoms with Crippen molar-refractivity contribution in [2.45, 2.75) is 57.9 Å². The lowest BCUT2D eigenvalue weighted by atomic mass is 9.99. The van der Waals surface area contributed by atoms with Gasteiger partial charge in [-0.3, -0.25) is 4.79 Å². The predicted molar refractivity (Wildman–Crippen MR) is 102 cm³/mol. The van der Waals surface area contributed by atoms with E-state index in [1.165, 1.54) is 19.1 Å². The minimum absolute atomic E-state index is 0.0488. The molecule has 1 aliphatic carbocycles. The van der Waals surface area contributed by atoms with Crippen LogP contribution in [0.15, 0.2) is 23.8 Å². The summed E-state index contributed by atoms with van der Waals surface area (Å²) >= 11 is 1.10. The standard InChI is InChI=1S/C19H24F2N2O3S/c1-11(2)26-19(25)14-6-4-5-7-17(14)27-23-18-15(20)8-13(9-16(18)21)10-22-12(3)24/h6,8-9,11,17,23H,4-5,7,10H2,1-3H3,(H,22,24). The molecule has 0 bridgehead atoms. The van der Waals surface area contributed by atoms with E-state index in [0.29, 0.717) is 17.6 Å². The number of amides is 1. The van der Waals surface area contributed by atoms with E-state index >= 15 is 0 Å². The Hall–Kier alpha value is -2.09. The van der Waals surface area contributed by atoms with E-state index in [1.807, 2.05) is 6.08 Å². The molecule has 0 spiro atoms. The van der Waals surface area contributed by atoms with Crippen molar-refractivity contribution in [3.05, 3.63) is 41.0 Å². The summed E-state index contributed by atoms with van der Waals surface area (Å²) in [6.07, 6.45) is 3.97. The molecule has 0 radical (unpaired) electrons. The second-order valence-electron chi connectivity index (χ2n) is 6.60. The Bertz CT molecular complexity index is 715. The van der Waals surface area contributed by atoms with Gasteiger partial charge in [-0.2, -0.15) is 0 Å². The van der Waals surface area contributed by atoms with Crippen molar-refractivity contribution in [2.24, 2.45) is 0 Å². The van der Waals surface area contributed by atoms with Crippen LogP contribution in [0.5, 0.6) is 0 Å². The number of carbonyl (C=O) groups is 2. The number of nitrogens with one attached hydrogen (secondary N) is 2. The third-order valence-electron chi connectivity index (χ3n) is 3.91. The lowest BCUT2D eigenvalue weighted by molar-refractivity contribution is -0.142. The predicted octanol–water partition coefficient (Wildman–Crippen LogP) is 4.09. The lowest BCUT2D eigenvalue weighted by Crippen LogP contribution is -2.24. The van der Waals surface area contributed by atoms with E-state index in [2.05, 4.69) is 10.0 Å². The van der Waals surface area contributed by atoms with Crippen molar-refractivity contribution in [2.75, 3.05) is 4.72 Å². The average molecular weight is 398 g/mol. The summed E-state index contributed by atoms with van der Waals surface area (Å²) in [5.74, 6) is -2.18. The zero-order valence-corrected chi connectivity index (χ0v) is 16.4. The third-order valence-corrected chi connectivity index (χ3v) is 5.00. The molecule has 1 amide bonds. The minimum atomic E-state index is -0.756. The molecule has 27 heavy (non-hydrogen) atoms. The van der Waals surface area contributed by atoms with Crippen LogP contribution in [0.25, 0.3) is 0 Å². The quantitative estimate of drug-likeness (QED) is 0.535. The molecule has 2 rings (SSSR count). The zero-order valence-electron chi connectivity index (χ0n) is 15.6. The van der Waals surface area contributed by atoms with Crippen LogP contribution in [-0.2, 0) is 20.9 Å². The van der Waals surface area contributed by atoms with Crippen LogP contribution < -0.4 is 10.0 Å². The third kappa shape index (κ3) is 6.23. The Labute approximate surface area is 162 Å². The van der Waals surface area contributed by atoms with Crippen LogP contribution in [0.2, 0.25) is 0 Å². The summed E-state index contributed by atoms with van der Waals surface area (Å²) in [6.45, 7) is 4.93. The summed E-state index contributed by atoms with van der Waals surface area (Å²) < 4.78 is 36.5. The SMILES string of the molecule is CC(=O)NCc1cc(F)c(NSC2CCCC=C2C(=O)OC(C)C)c(F)c1. The van der Waals surface area contributed by atoms with Crippen LogP contribution >= 0.6 is 11.9 Å². The molecule has 0 saturated heterocycles. The first kappa shape index (κ1) is 21.2. The number of benzene rings is 1. The Morgan fingerprint density at radius 2 is 1.96 bits per heavy atom. The second-order valence-corrected chi connectivity index (χ2v) is 7.61. The summed E-state index contributed by atoms with van der Waals surface area (Å²) in [4.78, 5) is 23.1. The highest BCUT2D eigenvalue weighted by Gasteiger charge is 2.27. The van der Waals surface area contributed by atoms with E-state index in [0.717, 1.165) is 24.8 Å². The number of carbonyl (C=O) groups excluding carboxylic acids is 2. The number of allylic oxidation sites excluding steroid dienone is 1. The van der Waals surface area contributed by atoms with Gasteiger partial charge in [0.2, 0.25) is 5.91 Å². The molecular formula is C19H24F2N2O3S. The van der Waals surface area contributed by atoms with E-state index < -0.39 is 17.6 Å². The molecule has 8 heteroatoms. The molecular weight excluding hydrogens is 374 g/mol. The van der Waals surface area contributed by atoms with Crippen molar-refractivity contribution in [3.8, 4) is 0 Å². The Morgan fingerprint density at radius 3 is 2.56 bits per heavy atom. The molecule has 0 heterocycles. The number of ether oxygens (including phenoxy) is 1. The molecule has 148 valence electrons. The van der Waals surface area contributed by atoms with Gasteiger partial charge in [-0.1, -0.05) is 6.08 Å². The maximum atomic E-state index is 14.3. The van der Waals surface area contributed by atoms with Gasteiger partial charge >= 0.3 is 5.97 Å². The van der Waals surface area contributed by atoms with Gasteiger partial charge in [0.05, 0.1) is 11.4 Å². The molecule has 1 aromatic rings. The van der Waals surface area contributed by atoms with Crippen LogP contribution in [-0.4, -0.2) is 23.2 Å². The summed E-state index contributed by atoms with van der Waals surface area (Å²) in [5, 5.41) is 2.25. The number of hydrogen-bond acceptors (Lipinski definition) is 5. The minimum Gasteiger partial charge on any atom is -0.460 e. The van der Waals surface area contributed by atoms with Gasteiger partial charge in [-0.25, -0.2) is 13.6 Å². The monoisotopic (exact) mass is 398 g/mol. The van der Waals surface area contributed by atoms with Crippen molar-refractivity contribution < 1.29 is 23.1 Å². The highest BCUT2D eigenvalue weighted by Crippen LogP contribution is 2.33. The van der Waals surface area contributed by atoms with E-state index in [1.54, 1.807) is 13.8 Å². The first-order valence-corrected chi connectivity index (χ1v) is 9.71. The molecule has 0 fully saturated rings. The smallest absolute Gasteiger partial charge is 0.335 e. The normalized spacial score (nSPS) is 16.7. The number of esters is 1. The van der Waals surface area contributed by atoms with E-state index in [-0.39, 0.29) is 29.5 Å². The molecule has 2 N–H and O–H groups in total. The summed E-state index contributed by atoms with van der Waals surface area (Å²) in [6, 6.07) is 2.35. The number of rotatable bonds is 7. The number of hydrogen-bond donors (Lipinski definition) is 2. The zero-order chi connectivity index (χ0) is 20.0. The van der Waals surface area contributed by atoms with Crippen LogP contribution in [0.1, 0.15) is 45.6 Å². The largest absolute Gasteiger partial charge is 0.460 e. The van der Waals surface area contributed by atoms with Crippen LogP contribution in [0.4, 0.5) is 14.5 Å². The van der Waals surface area contributed by atoms with Crippen LogP contribution in [0.3, 0.4) is 0 Å². The lowest BCUT2D eigenvalue weighted by Gasteiger charge is -2.24. The highest BCUT2D eigenvalue weighted by molar-refractivity contribution is 8.01. The molecule has 1 aliphatic rings. The summed E-state index contributed by atoms with van der Waals surface area (Å²) in [7, 11) is 0. The van der Waals surface area contributed by atoms with Gasteiger partial charge in [0.1, 0.15) is 5.69 Å². The fourth-order valence-corrected chi connectivity index (χ4v) is 3.71. The first-order valence-electron chi connectivity index (χ1n) is 8.83. The van der Waals surface area contributed by atoms with Gasteiger partial charge in [-0.15, -0.1) is 0 Å². The van der Waals surface area contributed by atoms with Crippen molar-refractivity contribution in [1.82, 2.24) is 5.32 Å². The van der Waals surface area contributed by atoms with Gasteiger partial charge in [0.15, 0.2) is 11.6 Å². The van der Waals surface area contributed by atoms with Gasteiger partial charge < -0.3 is 14.8 Å². The van der Waals surface area contributed by atoms with E-state index in [4.69, 9.17) is 4.74 Å². The van der Waals surface area contributed by atoms with E-state index in [9.17, 15) is 18.4 Å². The fourth-order valence-electron chi connectivity index (χ4n) is 2.65. The molecule has 5 nitrogen and oxygen atoms in total. The Morgan fingerprint density at radius 1 is 1.30 bits per heavy atom. The van der Waals surface area contributed by atoms with Gasteiger partial charge in [0, 0.05) is 19.0 Å². The van der Waals surface area contributed by atoms with Gasteiger partial charge in [0.25, 0.3) is 0 Å². The topological polar surface area (TPSA) is 67.4 Å². The maximum absolute atomic E-state index is 14.3. The molecule has 1 atom stereocenters. The maximum Gasteiger partial charge on any atom is 0.335 e. The Kier molecular flexibility index (Phi) is 7.65. The van der Waals surface area contributed by atoms with Crippen molar-refractivity contribution in [3.63, 3.8) is 0 Å². The molecule has 1 unspecified atom stereocenters. The Balaban J connectivity index is 2.06. The van der Waals surface area contributed by atoms with Crippen molar-refractivity contribution in [1.29, 1.82) is 0 Å². The second kappa shape index (κ2) is 9.73.